The van der Waals surface area contributed by atoms with Gasteiger partial charge < -0.3 is 35.3 Å². The maximum atomic E-state index is 15.0. The van der Waals surface area contributed by atoms with Gasteiger partial charge in [0.25, 0.3) is 12.4 Å². The molecule has 2 saturated heterocycles. The summed E-state index contributed by atoms with van der Waals surface area (Å²) in [6, 6.07) is 10.1. The first-order valence-electron chi connectivity index (χ1n) is 15.6. The minimum atomic E-state index is -1.19. The summed E-state index contributed by atoms with van der Waals surface area (Å²) in [4.78, 5) is 42.8. The van der Waals surface area contributed by atoms with Crippen LogP contribution in [0.2, 0.25) is 0 Å². The van der Waals surface area contributed by atoms with Crippen molar-refractivity contribution in [3.8, 4) is 23.1 Å². The first-order valence-corrected chi connectivity index (χ1v) is 15.6. The first kappa shape index (κ1) is 37.3. The van der Waals surface area contributed by atoms with Crippen molar-refractivity contribution in [2.45, 2.75) is 31.9 Å². The summed E-state index contributed by atoms with van der Waals surface area (Å²) in [6.45, 7) is 9.38. The van der Waals surface area contributed by atoms with E-state index >= 15 is 0 Å². The first-order chi connectivity index (χ1) is 24.0. The van der Waals surface area contributed by atoms with Crippen LogP contribution in [0.5, 0.6) is 5.75 Å². The van der Waals surface area contributed by atoms with E-state index in [2.05, 4.69) is 25.5 Å². The number of β-amino-alcohol motifs (C(OH)–C–C–N with tert-alkyl or cyclic N) is 1. The molecule has 2 aromatic carbocycles. The maximum Gasteiger partial charge on any atom is 0.290 e. The Balaban J connectivity index is 0.00000107. The van der Waals surface area contributed by atoms with Gasteiger partial charge in [0.05, 0.1) is 17.5 Å². The number of nitrogens with one attached hydrogen (secondary N) is 2. The van der Waals surface area contributed by atoms with Crippen LogP contribution in [-0.2, 0) is 9.59 Å². The summed E-state index contributed by atoms with van der Waals surface area (Å²) < 4.78 is 36.1. The van der Waals surface area contributed by atoms with Crippen molar-refractivity contribution in [2.24, 2.45) is 0 Å². The molecule has 6 rings (SSSR count). The zero-order valence-electron chi connectivity index (χ0n) is 27.6. The Morgan fingerprint density at radius 3 is 2.56 bits per heavy atom. The molecule has 2 fully saturated rings. The van der Waals surface area contributed by atoms with Crippen molar-refractivity contribution in [3.05, 3.63) is 71.7 Å². The highest BCUT2D eigenvalue weighted by Gasteiger charge is 2.34. The summed E-state index contributed by atoms with van der Waals surface area (Å²) in [6.07, 6.45) is 5.27. The summed E-state index contributed by atoms with van der Waals surface area (Å²) in [5.41, 5.74) is 2.13. The standard InChI is InChI=1S/C32H34F2N8O3.CH2O2.CH2O/c1-20-15-21(3-4-23(20)31(43)41-12-10-40(11-13-41)18-22-16-32(2,44)19-38-22)39-29-30-37-17-25(42(30)9-8-36-29)24-5-6-26(45-14-7-35)28(34)27(24)33;2-1-3;1-2/h3-6,8-9,15,17,22,38,44H,10-14,16,18-19H2,1-2H3,(H,36,39);1H,(H,2,3);1H2/t22-,32-;;/m0../s1. The monoisotopic (exact) mass is 692 g/mol. The van der Waals surface area contributed by atoms with Gasteiger partial charge >= 0.3 is 0 Å². The van der Waals surface area contributed by atoms with Gasteiger partial charge in [0.1, 0.15) is 12.9 Å². The summed E-state index contributed by atoms with van der Waals surface area (Å²) in [7, 11) is 0. The smallest absolute Gasteiger partial charge is 0.290 e. The molecule has 4 heterocycles. The SMILES string of the molecule is C=O.Cc1cc(Nc2nccn3c(-c4ccc(OCC#N)c(F)c4F)cnc23)ccc1C(=O)N1CCN(C[C@@H]2C[C@](C)(O)CN2)CC1.O=CO. The number of anilines is 2. The van der Waals surface area contributed by atoms with Crippen LogP contribution in [0.1, 0.15) is 29.3 Å². The van der Waals surface area contributed by atoms with Crippen molar-refractivity contribution >= 4 is 36.3 Å². The number of carboxylic acid groups (broad SMARTS) is 1. The molecule has 16 heteroatoms. The molecule has 0 radical (unpaired) electrons. The molecule has 0 aliphatic carbocycles. The number of halogens is 2. The van der Waals surface area contributed by atoms with Crippen LogP contribution >= 0.6 is 0 Å². The van der Waals surface area contributed by atoms with E-state index in [1.165, 1.54) is 24.5 Å². The maximum absolute atomic E-state index is 15.0. The van der Waals surface area contributed by atoms with Crippen LogP contribution < -0.4 is 15.4 Å². The molecule has 4 aromatic rings. The van der Waals surface area contributed by atoms with Crippen LogP contribution in [0.15, 0.2) is 48.9 Å². The van der Waals surface area contributed by atoms with Gasteiger partial charge in [-0.25, -0.2) is 14.4 Å². The number of amides is 1. The number of aryl methyl sites for hydroxylation is 1. The normalized spacial score (nSPS) is 18.6. The zero-order valence-corrected chi connectivity index (χ0v) is 27.6. The predicted octanol–water partition coefficient (Wildman–Crippen LogP) is 3.02. The number of rotatable bonds is 8. The molecule has 2 aromatic heterocycles. The quantitative estimate of drug-likeness (QED) is 0.198. The molecule has 2 atom stereocenters. The molecule has 4 N–H and O–H groups in total. The van der Waals surface area contributed by atoms with E-state index in [-0.39, 0.29) is 29.7 Å². The summed E-state index contributed by atoms with van der Waals surface area (Å²) in [5.74, 6) is -2.27. The van der Waals surface area contributed by atoms with E-state index in [0.29, 0.717) is 48.0 Å². The lowest BCUT2D eigenvalue weighted by Gasteiger charge is -2.36. The van der Waals surface area contributed by atoms with Crippen molar-refractivity contribution in [2.75, 3.05) is 51.2 Å². The molecule has 0 spiro atoms. The number of nitriles is 1. The molecule has 50 heavy (non-hydrogen) atoms. The number of hydrogen-bond donors (Lipinski definition) is 4. The molecule has 264 valence electrons. The lowest BCUT2D eigenvalue weighted by Crippen LogP contribution is -2.51. The Kier molecular flexibility index (Phi) is 12.5. The predicted molar refractivity (Wildman–Crippen MR) is 179 cm³/mol. The number of aliphatic hydroxyl groups is 1. The second-order valence-corrected chi connectivity index (χ2v) is 11.9. The lowest BCUT2D eigenvalue weighted by atomic mass is 10.0. The highest BCUT2D eigenvalue weighted by Crippen LogP contribution is 2.32. The molecule has 14 nitrogen and oxygen atoms in total. The molecule has 2 aliphatic heterocycles. The van der Waals surface area contributed by atoms with Crippen LogP contribution in [0.25, 0.3) is 16.9 Å². The van der Waals surface area contributed by atoms with Crippen LogP contribution in [0.4, 0.5) is 20.3 Å². The Bertz CT molecular complexity index is 1860. The van der Waals surface area contributed by atoms with Crippen LogP contribution in [-0.4, -0.2) is 111 Å². The molecular formula is C34H38F2N8O6. The number of carbonyl (C=O) groups is 3. The van der Waals surface area contributed by atoms with Gasteiger partial charge in [-0.15, -0.1) is 0 Å². The van der Waals surface area contributed by atoms with Crippen LogP contribution in [0.3, 0.4) is 0 Å². The van der Waals surface area contributed by atoms with Crippen molar-refractivity contribution < 1.29 is 38.1 Å². The Morgan fingerprint density at radius 1 is 1.20 bits per heavy atom. The van der Waals surface area contributed by atoms with Gasteiger partial charge in [-0.2, -0.15) is 9.65 Å². The lowest BCUT2D eigenvalue weighted by molar-refractivity contribution is -0.122. The van der Waals surface area contributed by atoms with Crippen molar-refractivity contribution in [1.29, 1.82) is 5.26 Å². The minimum absolute atomic E-state index is 0.0166. The van der Waals surface area contributed by atoms with E-state index in [1.54, 1.807) is 28.8 Å². The topological polar surface area (TPSA) is 185 Å². The number of benzene rings is 2. The number of fused-ring (bicyclic) bond motifs is 1. The third kappa shape index (κ3) is 8.55. The fourth-order valence-corrected chi connectivity index (χ4v) is 6.06. The minimum Gasteiger partial charge on any atom is -0.483 e. The largest absolute Gasteiger partial charge is 0.483 e. The van der Waals surface area contributed by atoms with Gasteiger partial charge in [-0.3, -0.25) is 18.9 Å². The zero-order chi connectivity index (χ0) is 36.4. The van der Waals surface area contributed by atoms with Crippen LogP contribution in [0, 0.1) is 29.9 Å². The average molecular weight is 693 g/mol. The van der Waals surface area contributed by atoms with Gasteiger partial charge in [0, 0.05) is 74.5 Å². The number of imidazole rings is 1. The molecule has 0 saturated carbocycles. The second kappa shape index (κ2) is 16.7. The van der Waals surface area contributed by atoms with E-state index in [4.69, 9.17) is 24.7 Å². The number of hydrogen-bond acceptors (Lipinski definition) is 11. The van der Waals surface area contributed by atoms with Crippen molar-refractivity contribution in [3.63, 3.8) is 0 Å². The highest BCUT2D eigenvalue weighted by molar-refractivity contribution is 5.96. The Morgan fingerprint density at radius 2 is 1.92 bits per heavy atom. The molecule has 0 unspecified atom stereocenters. The van der Waals surface area contributed by atoms with E-state index < -0.39 is 23.8 Å². The van der Waals surface area contributed by atoms with Gasteiger partial charge in [-0.05, 0) is 56.2 Å². The Labute approximate surface area is 286 Å². The number of ether oxygens (including phenoxy) is 1. The Hall–Kier alpha value is -5.50. The van der Waals surface area contributed by atoms with E-state index in [1.807, 2.05) is 31.6 Å². The highest BCUT2D eigenvalue weighted by atomic mass is 19.2. The average Bonchev–Trinajstić information content (AvgIpc) is 3.69. The van der Waals surface area contributed by atoms with Gasteiger partial charge in [0.15, 0.2) is 29.6 Å². The van der Waals surface area contributed by atoms with Crippen molar-refractivity contribution in [1.82, 2.24) is 29.5 Å². The number of piperazine rings is 1. The van der Waals surface area contributed by atoms with Gasteiger partial charge in [0.2, 0.25) is 5.82 Å². The number of carbonyl (C=O) groups excluding carboxylic acids is 2. The van der Waals surface area contributed by atoms with Gasteiger partial charge in [-0.1, -0.05) is 0 Å². The summed E-state index contributed by atoms with van der Waals surface area (Å²) in [5, 5.41) is 32.4. The third-order valence-electron chi connectivity index (χ3n) is 8.36. The second-order valence-electron chi connectivity index (χ2n) is 11.9. The number of aromatic nitrogens is 3. The van der Waals surface area contributed by atoms with E-state index in [0.717, 1.165) is 31.6 Å². The molecule has 1 amide bonds. The molecule has 2 aliphatic rings. The number of nitrogens with zero attached hydrogens (tertiary/aromatic N) is 6. The fraction of sp³-hybridized carbons (Fsp3) is 0.353. The van der Waals surface area contributed by atoms with E-state index in [9.17, 15) is 18.7 Å². The molecule has 0 bridgehead atoms. The molecular weight excluding hydrogens is 654 g/mol. The fourth-order valence-electron chi connectivity index (χ4n) is 6.06. The third-order valence-corrected chi connectivity index (χ3v) is 8.36. The summed E-state index contributed by atoms with van der Waals surface area (Å²) >= 11 is 0.